The van der Waals surface area contributed by atoms with Crippen molar-refractivity contribution in [3.63, 3.8) is 0 Å². The molecule has 2 aromatic rings. The second-order valence-corrected chi connectivity index (χ2v) is 3.55. The Balaban J connectivity index is 2.48. The van der Waals surface area contributed by atoms with Crippen molar-refractivity contribution in [1.29, 1.82) is 0 Å². The summed E-state index contributed by atoms with van der Waals surface area (Å²) in [4.78, 5) is 4.01. The van der Waals surface area contributed by atoms with Gasteiger partial charge in [0.05, 0.1) is 5.69 Å². The fourth-order valence-corrected chi connectivity index (χ4v) is 1.68. The normalized spacial score (nSPS) is 10.6. The average Bonchev–Trinajstić information content (AvgIpc) is 2.74. The van der Waals surface area contributed by atoms with Crippen LogP contribution in [0.3, 0.4) is 0 Å². The van der Waals surface area contributed by atoms with Crippen LogP contribution in [-0.4, -0.2) is 20.0 Å². The van der Waals surface area contributed by atoms with Crippen LogP contribution in [0.4, 0.5) is 0 Å². The van der Waals surface area contributed by atoms with Gasteiger partial charge < -0.3 is 5.73 Å². The van der Waals surface area contributed by atoms with Crippen LogP contribution in [0.15, 0.2) is 24.5 Å². The number of rotatable bonds is 4. The molecule has 0 aliphatic rings. The van der Waals surface area contributed by atoms with Crippen LogP contribution >= 0.6 is 0 Å². The quantitative estimate of drug-likeness (QED) is 0.835. The number of pyridine rings is 1. The number of hydrogen-bond acceptors (Lipinski definition) is 4. The van der Waals surface area contributed by atoms with Crippen molar-refractivity contribution in [1.82, 2.24) is 20.0 Å². The first-order valence-electron chi connectivity index (χ1n) is 5.39. The highest BCUT2D eigenvalue weighted by atomic mass is 15.4. The molecule has 0 atom stereocenters. The summed E-state index contributed by atoms with van der Waals surface area (Å²) in [7, 11) is 0. The highest BCUT2D eigenvalue weighted by Crippen LogP contribution is 2.21. The molecule has 0 bridgehead atoms. The molecule has 5 heteroatoms. The first kappa shape index (κ1) is 10.8. The van der Waals surface area contributed by atoms with Gasteiger partial charge in [0, 0.05) is 31.0 Å². The molecule has 0 aliphatic carbocycles. The largest absolute Gasteiger partial charge is 0.325 e. The second-order valence-electron chi connectivity index (χ2n) is 3.55. The molecule has 2 N–H and O–H groups in total. The van der Waals surface area contributed by atoms with Gasteiger partial charge in [-0.25, -0.2) is 4.68 Å². The predicted octanol–water partition coefficient (Wildman–Crippen LogP) is 1.21. The third-order valence-corrected chi connectivity index (χ3v) is 2.39. The van der Waals surface area contributed by atoms with E-state index >= 15 is 0 Å². The molecule has 2 aromatic heterocycles. The number of nitrogens with zero attached hydrogens (tertiary/aromatic N) is 4. The maximum absolute atomic E-state index is 5.67. The lowest BCUT2D eigenvalue weighted by atomic mass is 10.1. The van der Waals surface area contributed by atoms with Gasteiger partial charge in [0.15, 0.2) is 0 Å². The van der Waals surface area contributed by atoms with E-state index in [0.717, 1.165) is 29.9 Å². The molecule has 0 saturated heterocycles. The third-order valence-electron chi connectivity index (χ3n) is 2.39. The Morgan fingerprint density at radius 3 is 2.69 bits per heavy atom. The molecule has 0 aliphatic heterocycles. The topological polar surface area (TPSA) is 69.6 Å². The van der Waals surface area contributed by atoms with Crippen LogP contribution in [0.5, 0.6) is 0 Å². The van der Waals surface area contributed by atoms with E-state index < -0.39 is 0 Å². The SMILES string of the molecule is CCCn1nnc(CN)c1-c1ccncc1. The van der Waals surface area contributed by atoms with Crippen molar-refractivity contribution in [2.75, 3.05) is 0 Å². The lowest BCUT2D eigenvalue weighted by molar-refractivity contribution is 0.584. The molecule has 0 aromatic carbocycles. The molecule has 5 nitrogen and oxygen atoms in total. The van der Waals surface area contributed by atoms with Crippen molar-refractivity contribution in [3.8, 4) is 11.3 Å². The molecular weight excluding hydrogens is 202 g/mol. The molecule has 16 heavy (non-hydrogen) atoms. The molecule has 2 rings (SSSR count). The third kappa shape index (κ3) is 1.94. The number of aromatic nitrogens is 4. The zero-order valence-electron chi connectivity index (χ0n) is 9.30. The minimum absolute atomic E-state index is 0.404. The highest BCUT2D eigenvalue weighted by molar-refractivity contribution is 5.61. The van der Waals surface area contributed by atoms with Gasteiger partial charge in [0.1, 0.15) is 5.69 Å². The van der Waals surface area contributed by atoms with Crippen molar-refractivity contribution >= 4 is 0 Å². The lowest BCUT2D eigenvalue weighted by Gasteiger charge is -2.05. The van der Waals surface area contributed by atoms with Crippen LogP contribution in [-0.2, 0) is 13.1 Å². The van der Waals surface area contributed by atoms with E-state index in [4.69, 9.17) is 5.73 Å². The van der Waals surface area contributed by atoms with Crippen molar-refractivity contribution < 1.29 is 0 Å². The zero-order valence-corrected chi connectivity index (χ0v) is 9.30. The smallest absolute Gasteiger partial charge is 0.104 e. The lowest BCUT2D eigenvalue weighted by Crippen LogP contribution is -2.04. The molecule has 0 fully saturated rings. The van der Waals surface area contributed by atoms with Crippen molar-refractivity contribution in [3.05, 3.63) is 30.2 Å². The Morgan fingerprint density at radius 2 is 2.06 bits per heavy atom. The monoisotopic (exact) mass is 217 g/mol. The first-order chi connectivity index (χ1) is 7.86. The summed E-state index contributed by atoms with van der Waals surface area (Å²) in [6, 6.07) is 3.90. The molecule has 0 spiro atoms. The van der Waals surface area contributed by atoms with Crippen LogP contribution in [0, 0.1) is 0 Å². The number of aryl methyl sites for hydroxylation is 1. The van der Waals surface area contributed by atoms with E-state index in [1.54, 1.807) is 12.4 Å². The van der Waals surface area contributed by atoms with E-state index in [0.29, 0.717) is 6.54 Å². The maximum atomic E-state index is 5.67. The van der Waals surface area contributed by atoms with Crippen molar-refractivity contribution in [2.24, 2.45) is 5.73 Å². The molecular formula is C11H15N5. The summed E-state index contributed by atoms with van der Waals surface area (Å²) >= 11 is 0. The van der Waals surface area contributed by atoms with Gasteiger partial charge in [-0.2, -0.15) is 0 Å². The van der Waals surface area contributed by atoms with E-state index in [2.05, 4.69) is 22.2 Å². The number of hydrogen-bond donors (Lipinski definition) is 1. The minimum atomic E-state index is 0.404. The van der Waals surface area contributed by atoms with Gasteiger partial charge in [-0.1, -0.05) is 12.1 Å². The van der Waals surface area contributed by atoms with E-state index in [1.807, 2.05) is 16.8 Å². The maximum Gasteiger partial charge on any atom is 0.104 e. The molecule has 84 valence electrons. The van der Waals surface area contributed by atoms with Crippen molar-refractivity contribution in [2.45, 2.75) is 26.4 Å². The van der Waals surface area contributed by atoms with Gasteiger partial charge in [-0.3, -0.25) is 4.98 Å². The molecule has 0 amide bonds. The fourth-order valence-electron chi connectivity index (χ4n) is 1.68. The number of nitrogens with two attached hydrogens (primary N) is 1. The van der Waals surface area contributed by atoms with E-state index in [1.165, 1.54) is 0 Å². The highest BCUT2D eigenvalue weighted by Gasteiger charge is 2.12. The van der Waals surface area contributed by atoms with Crippen LogP contribution in [0.25, 0.3) is 11.3 Å². The summed E-state index contributed by atoms with van der Waals surface area (Å²) in [6.45, 7) is 3.37. The standard InChI is InChI=1S/C11H15N5/c1-2-7-16-11(10(8-12)14-15-16)9-3-5-13-6-4-9/h3-6H,2,7-8,12H2,1H3. The Hall–Kier alpha value is -1.75. The van der Waals surface area contributed by atoms with Gasteiger partial charge in [-0.15, -0.1) is 5.10 Å². The average molecular weight is 217 g/mol. The zero-order chi connectivity index (χ0) is 11.4. The molecule has 2 heterocycles. The summed E-state index contributed by atoms with van der Waals surface area (Å²) in [5.74, 6) is 0. The van der Waals surface area contributed by atoms with E-state index in [9.17, 15) is 0 Å². The summed E-state index contributed by atoms with van der Waals surface area (Å²) in [6.07, 6.45) is 4.54. The van der Waals surface area contributed by atoms with Crippen LogP contribution in [0.1, 0.15) is 19.0 Å². The Labute approximate surface area is 94.3 Å². The summed E-state index contributed by atoms with van der Waals surface area (Å²) < 4.78 is 1.90. The summed E-state index contributed by atoms with van der Waals surface area (Å²) in [5, 5.41) is 8.22. The molecule has 0 saturated carbocycles. The van der Waals surface area contributed by atoms with Gasteiger partial charge in [0.2, 0.25) is 0 Å². The van der Waals surface area contributed by atoms with Gasteiger partial charge in [-0.05, 0) is 18.6 Å². The van der Waals surface area contributed by atoms with Gasteiger partial charge in [0.25, 0.3) is 0 Å². The van der Waals surface area contributed by atoms with Crippen LogP contribution in [0.2, 0.25) is 0 Å². The second kappa shape index (κ2) is 4.85. The van der Waals surface area contributed by atoms with Gasteiger partial charge >= 0.3 is 0 Å². The van der Waals surface area contributed by atoms with Crippen LogP contribution < -0.4 is 5.73 Å². The Kier molecular flexibility index (Phi) is 3.26. The summed E-state index contributed by atoms with van der Waals surface area (Å²) in [5.41, 5.74) is 8.57. The first-order valence-corrected chi connectivity index (χ1v) is 5.39. The fraction of sp³-hybridized carbons (Fsp3) is 0.364. The minimum Gasteiger partial charge on any atom is -0.325 e. The predicted molar refractivity (Wildman–Crippen MR) is 61.4 cm³/mol. The Morgan fingerprint density at radius 1 is 1.31 bits per heavy atom. The Bertz CT molecular complexity index is 449. The molecule has 0 radical (unpaired) electrons. The van der Waals surface area contributed by atoms with E-state index in [-0.39, 0.29) is 0 Å². The molecule has 0 unspecified atom stereocenters.